The molecule has 1 aliphatic heterocycles. The molecule has 8 heteroatoms. The summed E-state index contributed by atoms with van der Waals surface area (Å²) < 4.78 is 27.9. The second-order valence-corrected chi connectivity index (χ2v) is 8.63. The first-order valence-corrected chi connectivity index (χ1v) is 9.44. The average molecular weight is 338 g/mol. The van der Waals surface area contributed by atoms with Gasteiger partial charge in [0.1, 0.15) is 4.21 Å². The van der Waals surface area contributed by atoms with Crippen LogP contribution in [0.4, 0.5) is 0 Å². The Hall–Kier alpha value is -0.630. The van der Waals surface area contributed by atoms with E-state index >= 15 is 0 Å². The van der Waals surface area contributed by atoms with Crippen LogP contribution >= 0.6 is 22.0 Å². The summed E-state index contributed by atoms with van der Waals surface area (Å²) in [6.45, 7) is 2.53. The van der Waals surface area contributed by atoms with Crippen LogP contribution in [0.5, 0.6) is 0 Å². The van der Waals surface area contributed by atoms with Gasteiger partial charge in [-0.2, -0.15) is 0 Å². The van der Waals surface area contributed by atoms with Crippen molar-refractivity contribution in [3.05, 3.63) is 17.0 Å². The van der Waals surface area contributed by atoms with Crippen molar-refractivity contribution in [2.45, 2.75) is 42.5 Å². The lowest BCUT2D eigenvalue weighted by atomic mass is 10.1. The van der Waals surface area contributed by atoms with Crippen molar-refractivity contribution in [3.8, 4) is 0 Å². The highest BCUT2D eigenvalue weighted by molar-refractivity contribution is 8.15. The fourth-order valence-corrected chi connectivity index (χ4v) is 4.18. The number of carbonyl (C=O) groups is 1. The Morgan fingerprint density at radius 3 is 2.90 bits per heavy atom. The molecule has 0 saturated carbocycles. The van der Waals surface area contributed by atoms with Gasteiger partial charge in [0.05, 0.1) is 18.6 Å². The Morgan fingerprint density at radius 1 is 1.60 bits per heavy atom. The van der Waals surface area contributed by atoms with Gasteiger partial charge in [-0.15, -0.1) is 11.3 Å². The smallest absolute Gasteiger partial charge is 0.270 e. The van der Waals surface area contributed by atoms with E-state index in [1.54, 1.807) is 6.07 Å². The van der Waals surface area contributed by atoms with Gasteiger partial charge >= 0.3 is 0 Å². The standard InChI is InChI=1S/C12H16ClNO4S2/c1-8(10-4-5-12(19-10)20(13,16)17)14-11(15)7-9-3-2-6-18-9/h4-5,8-9H,2-3,6-7H2,1H3,(H,14,15). The van der Waals surface area contributed by atoms with E-state index in [2.05, 4.69) is 5.32 Å². The molecule has 1 N–H and O–H groups in total. The van der Waals surface area contributed by atoms with Crippen molar-refractivity contribution in [3.63, 3.8) is 0 Å². The number of thiophene rings is 1. The molecule has 1 fully saturated rings. The van der Waals surface area contributed by atoms with E-state index in [1.807, 2.05) is 6.92 Å². The maximum Gasteiger partial charge on any atom is 0.270 e. The summed E-state index contributed by atoms with van der Waals surface area (Å²) in [4.78, 5) is 12.6. The molecular formula is C12H16ClNO4S2. The van der Waals surface area contributed by atoms with Crippen molar-refractivity contribution < 1.29 is 17.9 Å². The highest BCUT2D eigenvalue weighted by atomic mass is 35.7. The number of nitrogens with one attached hydrogen (secondary N) is 1. The summed E-state index contributed by atoms with van der Waals surface area (Å²) in [7, 11) is 1.57. The summed E-state index contributed by atoms with van der Waals surface area (Å²) in [5.74, 6) is -0.0897. The van der Waals surface area contributed by atoms with Gasteiger partial charge in [0.2, 0.25) is 5.91 Å². The first-order valence-electron chi connectivity index (χ1n) is 6.31. The normalized spacial score (nSPS) is 20.8. The van der Waals surface area contributed by atoms with E-state index in [9.17, 15) is 13.2 Å². The van der Waals surface area contributed by atoms with E-state index in [4.69, 9.17) is 15.4 Å². The molecule has 2 atom stereocenters. The molecule has 2 unspecified atom stereocenters. The third-order valence-corrected chi connectivity index (χ3v) is 6.44. The Kier molecular flexibility index (Phi) is 5.06. The Balaban J connectivity index is 1.92. The quantitative estimate of drug-likeness (QED) is 0.837. The summed E-state index contributed by atoms with van der Waals surface area (Å²) in [5.41, 5.74) is 0. The van der Waals surface area contributed by atoms with Gasteiger partial charge in [-0.3, -0.25) is 4.79 Å². The van der Waals surface area contributed by atoms with Gasteiger partial charge in [-0.25, -0.2) is 8.42 Å². The van der Waals surface area contributed by atoms with Crippen LogP contribution in [-0.2, 0) is 18.6 Å². The summed E-state index contributed by atoms with van der Waals surface area (Å²) in [5, 5.41) is 2.84. The zero-order valence-corrected chi connectivity index (χ0v) is 13.4. The number of hydrogen-bond donors (Lipinski definition) is 1. The van der Waals surface area contributed by atoms with E-state index < -0.39 is 9.05 Å². The minimum Gasteiger partial charge on any atom is -0.378 e. The van der Waals surface area contributed by atoms with Crippen LogP contribution in [0.15, 0.2) is 16.3 Å². The SMILES string of the molecule is CC(NC(=O)CC1CCCO1)c1ccc(S(=O)(=O)Cl)s1. The van der Waals surface area contributed by atoms with Gasteiger partial charge in [0.25, 0.3) is 9.05 Å². The molecule has 20 heavy (non-hydrogen) atoms. The third-order valence-electron chi connectivity index (χ3n) is 3.08. The summed E-state index contributed by atoms with van der Waals surface area (Å²) >= 11 is 1.07. The Morgan fingerprint density at radius 2 is 2.35 bits per heavy atom. The molecule has 1 amide bonds. The monoisotopic (exact) mass is 337 g/mol. The lowest BCUT2D eigenvalue weighted by molar-refractivity contribution is -0.123. The van der Waals surface area contributed by atoms with Crippen molar-refractivity contribution in [2.24, 2.45) is 0 Å². The molecule has 112 valence electrons. The molecule has 0 bridgehead atoms. The maximum absolute atomic E-state index is 11.9. The Labute approximate surface area is 126 Å². The van der Waals surface area contributed by atoms with Crippen molar-refractivity contribution in [1.82, 2.24) is 5.32 Å². The van der Waals surface area contributed by atoms with E-state index in [1.165, 1.54) is 6.07 Å². The molecular weight excluding hydrogens is 322 g/mol. The van der Waals surface area contributed by atoms with Gasteiger partial charge < -0.3 is 10.1 Å². The molecule has 1 aliphatic rings. The van der Waals surface area contributed by atoms with E-state index in [-0.39, 0.29) is 22.3 Å². The van der Waals surface area contributed by atoms with Crippen molar-refractivity contribution in [1.29, 1.82) is 0 Å². The maximum atomic E-state index is 11.9. The third kappa shape index (κ3) is 4.18. The predicted molar refractivity (Wildman–Crippen MR) is 77.5 cm³/mol. The van der Waals surface area contributed by atoms with Crippen LogP contribution in [0, 0.1) is 0 Å². The largest absolute Gasteiger partial charge is 0.378 e. The minimum absolute atomic E-state index is 0.00400. The number of carbonyl (C=O) groups excluding carboxylic acids is 1. The first kappa shape index (κ1) is 15.8. The number of halogens is 1. The fraction of sp³-hybridized carbons (Fsp3) is 0.583. The molecule has 0 spiro atoms. The summed E-state index contributed by atoms with van der Waals surface area (Å²) in [6, 6.07) is 2.86. The van der Waals surface area contributed by atoms with Crippen molar-refractivity contribution in [2.75, 3.05) is 6.61 Å². The topological polar surface area (TPSA) is 72.5 Å². The molecule has 1 aromatic heterocycles. The molecule has 2 rings (SSSR count). The molecule has 2 heterocycles. The summed E-state index contributed by atoms with van der Waals surface area (Å²) in [6.07, 6.45) is 2.26. The molecule has 5 nitrogen and oxygen atoms in total. The predicted octanol–water partition coefficient (Wildman–Crippen LogP) is 2.42. The molecule has 0 aliphatic carbocycles. The van der Waals surface area contributed by atoms with Gasteiger partial charge in [0.15, 0.2) is 0 Å². The lowest BCUT2D eigenvalue weighted by Crippen LogP contribution is -2.29. The lowest BCUT2D eigenvalue weighted by Gasteiger charge is -2.14. The van der Waals surface area contributed by atoms with Crippen LogP contribution in [-0.4, -0.2) is 27.0 Å². The van der Waals surface area contributed by atoms with Crippen LogP contribution in [0.3, 0.4) is 0 Å². The number of hydrogen-bond acceptors (Lipinski definition) is 5. The van der Waals surface area contributed by atoms with Crippen molar-refractivity contribution >= 4 is 37.0 Å². The van der Waals surface area contributed by atoms with E-state index in [0.717, 1.165) is 35.7 Å². The highest BCUT2D eigenvalue weighted by Crippen LogP contribution is 2.29. The Bertz CT molecular complexity index is 578. The minimum atomic E-state index is -3.70. The molecule has 0 aromatic carbocycles. The highest BCUT2D eigenvalue weighted by Gasteiger charge is 2.21. The zero-order valence-electron chi connectivity index (χ0n) is 11.0. The van der Waals surface area contributed by atoms with Crippen LogP contribution in [0.2, 0.25) is 0 Å². The first-order chi connectivity index (χ1) is 9.36. The zero-order chi connectivity index (χ0) is 14.8. The van der Waals surface area contributed by atoms with Gasteiger partial charge in [-0.1, -0.05) is 0 Å². The second kappa shape index (κ2) is 6.43. The van der Waals surface area contributed by atoms with Gasteiger partial charge in [-0.05, 0) is 31.9 Å². The molecule has 0 radical (unpaired) electrons. The van der Waals surface area contributed by atoms with Crippen LogP contribution in [0.25, 0.3) is 0 Å². The molecule has 1 saturated heterocycles. The van der Waals surface area contributed by atoms with Crippen LogP contribution < -0.4 is 5.32 Å². The van der Waals surface area contributed by atoms with Crippen LogP contribution in [0.1, 0.15) is 37.1 Å². The van der Waals surface area contributed by atoms with E-state index in [0.29, 0.717) is 6.42 Å². The number of rotatable bonds is 5. The fourth-order valence-electron chi connectivity index (χ4n) is 2.08. The van der Waals surface area contributed by atoms with Gasteiger partial charge in [0, 0.05) is 22.2 Å². The average Bonchev–Trinajstić information content (AvgIpc) is 2.97. The molecule has 1 aromatic rings. The number of amides is 1. The second-order valence-electron chi connectivity index (χ2n) is 4.72. The number of ether oxygens (including phenoxy) is 1.